The van der Waals surface area contributed by atoms with Gasteiger partial charge in [-0.25, -0.2) is 0 Å². The van der Waals surface area contributed by atoms with Gasteiger partial charge in [-0.3, -0.25) is 4.90 Å². The van der Waals surface area contributed by atoms with Gasteiger partial charge in [0.05, 0.1) is 7.11 Å². The van der Waals surface area contributed by atoms with Crippen LogP contribution in [0.2, 0.25) is 5.02 Å². The third-order valence-electron chi connectivity index (χ3n) is 4.56. The molecule has 2 heterocycles. The maximum absolute atomic E-state index is 6.35. The van der Waals surface area contributed by atoms with E-state index in [0.717, 1.165) is 47.3 Å². The highest BCUT2D eigenvalue weighted by atomic mass is 35.5. The van der Waals surface area contributed by atoms with Crippen LogP contribution in [0.1, 0.15) is 11.1 Å². The Balaban J connectivity index is 1.66. The highest BCUT2D eigenvalue weighted by Gasteiger charge is 2.21. The van der Waals surface area contributed by atoms with E-state index in [0.29, 0.717) is 6.61 Å². The van der Waals surface area contributed by atoms with E-state index in [-0.39, 0.29) is 0 Å². The summed E-state index contributed by atoms with van der Waals surface area (Å²) in [6.45, 7) is 3.08. The van der Waals surface area contributed by atoms with Gasteiger partial charge in [0.1, 0.15) is 6.61 Å². The largest absolute Gasteiger partial charge is 0.493 e. The minimum absolute atomic E-state index is 0.631. The molecule has 3 nitrogen and oxygen atoms in total. The van der Waals surface area contributed by atoms with Gasteiger partial charge in [-0.2, -0.15) is 0 Å². The van der Waals surface area contributed by atoms with Gasteiger partial charge in [0.2, 0.25) is 0 Å². The van der Waals surface area contributed by atoms with Crippen molar-refractivity contribution in [3.05, 3.63) is 70.1 Å². The van der Waals surface area contributed by atoms with Crippen LogP contribution in [0.25, 0.3) is 10.4 Å². The molecule has 0 bridgehead atoms. The number of ether oxygens (including phenoxy) is 2. The lowest BCUT2D eigenvalue weighted by Crippen LogP contribution is -2.25. The van der Waals surface area contributed by atoms with Gasteiger partial charge in [0.25, 0.3) is 0 Å². The molecule has 0 spiro atoms. The van der Waals surface area contributed by atoms with E-state index in [1.54, 1.807) is 18.4 Å². The van der Waals surface area contributed by atoms with Crippen LogP contribution in [0.4, 0.5) is 0 Å². The molecule has 1 aliphatic heterocycles. The minimum Gasteiger partial charge on any atom is -0.493 e. The van der Waals surface area contributed by atoms with Crippen LogP contribution in [-0.2, 0) is 13.1 Å². The summed E-state index contributed by atoms with van der Waals surface area (Å²) in [6.07, 6.45) is 0. The summed E-state index contributed by atoms with van der Waals surface area (Å²) >= 11 is 8.08. The number of halogens is 1. The first-order valence-corrected chi connectivity index (χ1v) is 9.83. The van der Waals surface area contributed by atoms with E-state index in [9.17, 15) is 0 Å². The summed E-state index contributed by atoms with van der Waals surface area (Å²) in [7, 11) is 1.70. The van der Waals surface area contributed by atoms with Crippen LogP contribution in [0, 0.1) is 0 Å². The number of thiophene rings is 1. The van der Waals surface area contributed by atoms with Crippen LogP contribution in [-0.4, -0.2) is 25.2 Å². The van der Waals surface area contributed by atoms with Crippen molar-refractivity contribution in [1.82, 2.24) is 4.90 Å². The van der Waals surface area contributed by atoms with Crippen molar-refractivity contribution in [3.63, 3.8) is 0 Å². The zero-order valence-corrected chi connectivity index (χ0v) is 16.1. The molecule has 5 heteroatoms. The molecule has 26 heavy (non-hydrogen) atoms. The Kier molecular flexibility index (Phi) is 5.16. The van der Waals surface area contributed by atoms with Gasteiger partial charge in [-0.05, 0) is 40.8 Å². The van der Waals surface area contributed by atoms with Gasteiger partial charge in [-0.15, -0.1) is 11.3 Å². The second-order valence-corrected chi connectivity index (χ2v) is 7.65. The SMILES string of the molecule is COc1cc(-c2cccs2)cc2c1OCCN(Cc1ccccc1Cl)C2. The number of hydrogen-bond donors (Lipinski definition) is 0. The quantitative estimate of drug-likeness (QED) is 0.594. The smallest absolute Gasteiger partial charge is 0.165 e. The monoisotopic (exact) mass is 385 g/mol. The summed E-state index contributed by atoms with van der Waals surface area (Å²) < 4.78 is 11.7. The fraction of sp³-hybridized carbons (Fsp3) is 0.238. The molecule has 1 aromatic heterocycles. The molecule has 0 radical (unpaired) electrons. The lowest BCUT2D eigenvalue weighted by atomic mass is 10.1. The van der Waals surface area contributed by atoms with Crippen molar-refractivity contribution in [2.75, 3.05) is 20.3 Å². The molecule has 0 amide bonds. The maximum atomic E-state index is 6.35. The number of rotatable bonds is 4. The molecule has 0 N–H and O–H groups in total. The van der Waals surface area contributed by atoms with Gasteiger partial charge in [0, 0.05) is 35.1 Å². The van der Waals surface area contributed by atoms with Crippen LogP contribution in [0.15, 0.2) is 53.9 Å². The maximum Gasteiger partial charge on any atom is 0.165 e. The highest BCUT2D eigenvalue weighted by Crippen LogP contribution is 2.39. The standard InChI is InChI=1S/C21H20ClNO2S/c1-24-19-12-16(20-7-4-10-26-20)11-17-14-23(8-9-25-21(17)19)13-15-5-2-3-6-18(15)22/h2-7,10-12H,8-9,13-14H2,1H3. The number of benzene rings is 2. The van der Waals surface area contributed by atoms with E-state index in [1.807, 2.05) is 18.2 Å². The van der Waals surface area contributed by atoms with Gasteiger partial charge >= 0.3 is 0 Å². The Morgan fingerprint density at radius 2 is 2.08 bits per heavy atom. The molecule has 0 saturated carbocycles. The van der Waals surface area contributed by atoms with Crippen molar-refractivity contribution in [2.45, 2.75) is 13.1 Å². The van der Waals surface area contributed by atoms with E-state index in [4.69, 9.17) is 21.1 Å². The van der Waals surface area contributed by atoms with Crippen molar-refractivity contribution < 1.29 is 9.47 Å². The summed E-state index contributed by atoms with van der Waals surface area (Å²) in [6, 6.07) is 16.5. The minimum atomic E-state index is 0.631. The zero-order chi connectivity index (χ0) is 17.9. The molecule has 1 aliphatic rings. The first kappa shape index (κ1) is 17.4. The Morgan fingerprint density at radius 1 is 1.19 bits per heavy atom. The number of nitrogens with zero attached hydrogens (tertiary/aromatic N) is 1. The lowest BCUT2D eigenvalue weighted by molar-refractivity contribution is 0.217. The Labute approximate surface area is 162 Å². The molecule has 2 aromatic carbocycles. The number of fused-ring (bicyclic) bond motifs is 1. The van der Waals surface area contributed by atoms with Crippen LogP contribution in [0.3, 0.4) is 0 Å². The average Bonchev–Trinajstić information content (AvgIpc) is 3.11. The first-order chi connectivity index (χ1) is 12.7. The summed E-state index contributed by atoms with van der Waals surface area (Å²) in [5.41, 5.74) is 3.45. The van der Waals surface area contributed by atoms with Crippen molar-refractivity contribution in [3.8, 4) is 21.9 Å². The zero-order valence-electron chi connectivity index (χ0n) is 14.6. The third-order valence-corrected chi connectivity index (χ3v) is 5.84. The lowest BCUT2D eigenvalue weighted by Gasteiger charge is -2.20. The van der Waals surface area contributed by atoms with Gasteiger partial charge in [-0.1, -0.05) is 35.9 Å². The van der Waals surface area contributed by atoms with E-state index >= 15 is 0 Å². The summed E-state index contributed by atoms with van der Waals surface area (Å²) in [4.78, 5) is 3.60. The Bertz CT molecular complexity index is 895. The molecule has 0 fully saturated rings. The predicted octanol–water partition coefficient (Wildman–Crippen LogP) is 5.47. The Morgan fingerprint density at radius 3 is 2.85 bits per heavy atom. The second-order valence-electron chi connectivity index (χ2n) is 6.29. The molecule has 0 saturated heterocycles. The highest BCUT2D eigenvalue weighted by molar-refractivity contribution is 7.13. The molecule has 4 rings (SSSR count). The van der Waals surface area contributed by atoms with Crippen LogP contribution >= 0.6 is 22.9 Å². The molecule has 0 atom stereocenters. The Hall–Kier alpha value is -2.01. The normalized spacial score (nSPS) is 14.4. The summed E-state index contributed by atoms with van der Waals surface area (Å²) in [5, 5.41) is 2.90. The topological polar surface area (TPSA) is 21.7 Å². The van der Waals surface area contributed by atoms with Gasteiger partial charge < -0.3 is 9.47 Å². The molecular formula is C21H20ClNO2S. The molecular weight excluding hydrogens is 366 g/mol. The van der Waals surface area contributed by atoms with Crippen molar-refractivity contribution in [1.29, 1.82) is 0 Å². The fourth-order valence-corrected chi connectivity index (χ4v) is 4.19. The van der Waals surface area contributed by atoms with Crippen molar-refractivity contribution >= 4 is 22.9 Å². The van der Waals surface area contributed by atoms with E-state index in [1.165, 1.54) is 10.4 Å². The summed E-state index contributed by atoms with van der Waals surface area (Å²) in [5.74, 6) is 1.65. The van der Waals surface area contributed by atoms with Crippen LogP contribution < -0.4 is 9.47 Å². The van der Waals surface area contributed by atoms with Crippen LogP contribution in [0.5, 0.6) is 11.5 Å². The fourth-order valence-electron chi connectivity index (χ4n) is 3.28. The number of hydrogen-bond acceptors (Lipinski definition) is 4. The third kappa shape index (κ3) is 3.58. The molecule has 134 valence electrons. The first-order valence-electron chi connectivity index (χ1n) is 8.58. The van der Waals surface area contributed by atoms with Gasteiger partial charge in [0.15, 0.2) is 11.5 Å². The predicted molar refractivity (Wildman–Crippen MR) is 107 cm³/mol. The number of methoxy groups -OCH3 is 1. The van der Waals surface area contributed by atoms with Crippen molar-refractivity contribution in [2.24, 2.45) is 0 Å². The van der Waals surface area contributed by atoms with E-state index < -0.39 is 0 Å². The second kappa shape index (κ2) is 7.70. The molecule has 3 aromatic rings. The molecule has 0 aliphatic carbocycles. The average molecular weight is 386 g/mol. The van der Waals surface area contributed by atoms with E-state index in [2.05, 4.69) is 40.6 Å². The molecule has 0 unspecified atom stereocenters.